The van der Waals surface area contributed by atoms with Crippen LogP contribution in [0.5, 0.6) is 0 Å². The van der Waals surface area contributed by atoms with E-state index in [1.807, 2.05) is 0 Å². The molecule has 0 amide bonds. The molecule has 0 bridgehead atoms. The number of carbonyl (C=O) groups is 2. The minimum atomic E-state index is -6.32. The van der Waals surface area contributed by atoms with Gasteiger partial charge in [-0.3, -0.25) is 27.6 Å². The molecule has 2 aromatic carbocycles. The molecule has 6 atom stereocenters. The van der Waals surface area contributed by atoms with Crippen LogP contribution >= 0.6 is 23.5 Å². The number of nitrogens with one attached hydrogen (secondary N) is 4. The molecule has 4 aromatic rings. The maximum atomic E-state index is 14.2. The van der Waals surface area contributed by atoms with Gasteiger partial charge in [0.1, 0.15) is 36.5 Å². The van der Waals surface area contributed by atoms with Crippen molar-refractivity contribution in [2.24, 2.45) is 0 Å². The number of rotatable bonds is 24. The molecule has 2 unspecified atom stereocenters. The molecule has 2 aromatic heterocycles. The number of hydrogen-bond donors (Lipinski definition) is 7. The van der Waals surface area contributed by atoms with Crippen LogP contribution in [0.25, 0.3) is 11.2 Å². The van der Waals surface area contributed by atoms with E-state index in [0.29, 0.717) is 5.56 Å². The van der Waals surface area contributed by atoms with Gasteiger partial charge in [0.05, 0.1) is 93.0 Å². The summed E-state index contributed by atoms with van der Waals surface area (Å²) in [5, 5.41) is 22.2. The number of nitrogens with zero attached hydrogens (tertiary/aromatic N) is 4. The number of Topliss-reactive ketones (excluding diaryl/α,β-unsaturated/α-hetero) is 1. The Bertz CT molecular complexity index is 2330. The number of imidazole rings is 1. The molecule has 24 nitrogen and oxygen atoms in total. The molecule has 1 aliphatic rings. The molecule has 426 valence electrons. The third-order valence-electron chi connectivity index (χ3n) is 12.7. The second-order valence-corrected chi connectivity index (χ2v) is 21.2. The van der Waals surface area contributed by atoms with Crippen molar-refractivity contribution in [3.05, 3.63) is 83.9 Å². The molecule has 0 radical (unpaired) electrons. The van der Waals surface area contributed by atoms with Crippen molar-refractivity contribution in [2.45, 2.75) is 107 Å². The van der Waals surface area contributed by atoms with Crippen LogP contribution in [0.1, 0.15) is 109 Å². The summed E-state index contributed by atoms with van der Waals surface area (Å²) in [6.45, 7) is 40.6. The summed E-state index contributed by atoms with van der Waals surface area (Å²) >= 11 is 0. The van der Waals surface area contributed by atoms with Crippen molar-refractivity contribution in [3.63, 3.8) is 0 Å². The highest BCUT2D eigenvalue weighted by Crippen LogP contribution is 2.60. The zero-order valence-corrected chi connectivity index (χ0v) is 48.4. The first-order chi connectivity index (χ1) is 35.3. The van der Waals surface area contributed by atoms with Crippen molar-refractivity contribution in [2.75, 3.05) is 90.9 Å². The number of fused-ring (bicyclic) bond motifs is 1. The van der Waals surface area contributed by atoms with Crippen LogP contribution in [0.3, 0.4) is 0 Å². The van der Waals surface area contributed by atoms with E-state index in [1.165, 1.54) is 103 Å². The average molecular weight is 1120 g/mol. The molecule has 0 aliphatic carbocycles. The molecular formula is C48H84N9O15P3. The monoisotopic (exact) mass is 1120 g/mol. The summed E-state index contributed by atoms with van der Waals surface area (Å²) in [5.74, 6) is -1.59. The number of phosphoric ester groups is 1. The Labute approximate surface area is 442 Å². The number of ketones is 2. The van der Waals surface area contributed by atoms with Crippen LogP contribution in [-0.4, -0.2) is 145 Å². The molecule has 0 saturated carbocycles. The van der Waals surface area contributed by atoms with Crippen molar-refractivity contribution in [3.8, 4) is 0 Å². The number of quaternary nitrogens is 4. The predicted octanol–water partition coefficient (Wildman–Crippen LogP) is -2.16. The lowest BCUT2D eigenvalue weighted by Crippen LogP contribution is -3.11. The molecule has 3 heterocycles. The van der Waals surface area contributed by atoms with Crippen molar-refractivity contribution in [1.29, 1.82) is 0 Å². The summed E-state index contributed by atoms with van der Waals surface area (Å²) in [6, 6.07) is 13.3. The molecule has 1 aliphatic heterocycles. The van der Waals surface area contributed by atoms with Crippen LogP contribution in [0, 0.1) is 0 Å². The number of hydrogen-bond acceptors (Lipinski definition) is 19. The highest BCUT2D eigenvalue weighted by atomic mass is 31.3. The fourth-order valence-corrected chi connectivity index (χ4v) is 10.6. The summed E-state index contributed by atoms with van der Waals surface area (Å²) in [7, 11) is -18.6. The van der Waals surface area contributed by atoms with Crippen molar-refractivity contribution >= 4 is 52.0 Å². The van der Waals surface area contributed by atoms with Crippen LogP contribution in [0.2, 0.25) is 0 Å². The Kier molecular flexibility index (Phi) is 31.6. The van der Waals surface area contributed by atoms with E-state index in [9.17, 15) is 53.1 Å². The van der Waals surface area contributed by atoms with Gasteiger partial charge >= 0.3 is 0 Å². The second kappa shape index (κ2) is 34.2. The highest BCUT2D eigenvalue weighted by molar-refractivity contribution is 7.64. The number of anilines is 1. The van der Waals surface area contributed by atoms with Gasteiger partial charge in [0, 0.05) is 16.7 Å². The number of aliphatic hydroxyl groups excluding tert-OH is 2. The van der Waals surface area contributed by atoms with Gasteiger partial charge in [0.15, 0.2) is 17.2 Å². The molecule has 1 saturated heterocycles. The second-order valence-electron chi connectivity index (χ2n) is 17.0. The fourth-order valence-electron chi connectivity index (χ4n) is 7.71. The Morgan fingerprint density at radius 1 is 0.627 bits per heavy atom. The molecule has 27 heteroatoms. The molecule has 75 heavy (non-hydrogen) atoms. The lowest BCUT2D eigenvalue weighted by molar-refractivity contribution is -0.894. The summed E-state index contributed by atoms with van der Waals surface area (Å²) in [6.07, 6.45) is -4.37. The predicted molar refractivity (Wildman–Crippen MR) is 277 cm³/mol. The number of aromatic nitrogens is 4. The maximum Gasteiger partial charge on any atom is 0.278 e. The number of nitrogen functional groups attached to an aromatic ring is 1. The van der Waals surface area contributed by atoms with Gasteiger partial charge in [0.25, 0.3) is 15.6 Å². The first-order valence-corrected chi connectivity index (χ1v) is 30.0. The van der Waals surface area contributed by atoms with E-state index in [-0.39, 0.29) is 33.9 Å². The lowest BCUT2D eigenvalue weighted by Gasteiger charge is -2.37. The Hall–Kier alpha value is -3.74. The van der Waals surface area contributed by atoms with E-state index in [2.05, 4.69) is 111 Å². The Morgan fingerprint density at radius 3 is 1.44 bits per heavy atom. The van der Waals surface area contributed by atoms with Crippen molar-refractivity contribution in [1.82, 2.24) is 19.5 Å². The van der Waals surface area contributed by atoms with Gasteiger partial charge < -0.3 is 68.9 Å². The average Bonchev–Trinajstić information content (AvgIpc) is 3.94. The number of benzene rings is 2. The van der Waals surface area contributed by atoms with Crippen LogP contribution < -0.4 is 44.9 Å². The number of phosphoric acid groups is 3. The van der Waals surface area contributed by atoms with Gasteiger partial charge in [-0.05, 0) is 83.1 Å². The van der Waals surface area contributed by atoms with Crippen LogP contribution in [-0.2, 0) is 37.3 Å². The largest absolute Gasteiger partial charge is 0.790 e. The Morgan fingerprint density at radius 2 is 1.04 bits per heavy atom. The summed E-state index contributed by atoms with van der Waals surface area (Å²) < 4.78 is 51.9. The first kappa shape index (κ1) is 69.3. The highest BCUT2D eigenvalue weighted by Gasteiger charge is 2.61. The van der Waals surface area contributed by atoms with Gasteiger partial charge in [-0.1, -0.05) is 54.6 Å². The SMILES string of the molecule is CC[NH+](CC)CC.CC[NH+](CC)CC.CC[NH+](CC)CC.CC[NH+](CC)CC.Nc1ncnc2c1ncn2[C@]1(C(=O)c2ccc(C(=O)c3ccccc3)cc2)O[C@H](COP(=O)([O-])OP(=O)([O-])OP(=O)([O-])[O-])[C@@H](O)[C@H]1O. The van der Waals surface area contributed by atoms with Crippen LogP contribution in [0.4, 0.5) is 5.82 Å². The van der Waals surface area contributed by atoms with E-state index in [0.717, 1.165) is 17.2 Å². The van der Waals surface area contributed by atoms with Crippen LogP contribution in [0.15, 0.2) is 67.3 Å². The third kappa shape index (κ3) is 21.9. The number of carbonyl (C=O) groups excluding carboxylic acids is 2. The van der Waals surface area contributed by atoms with E-state index < -0.39 is 59.9 Å². The normalized spacial score (nSPS) is 18.9. The smallest absolute Gasteiger partial charge is 0.278 e. The lowest BCUT2D eigenvalue weighted by atomic mass is 9.92. The molecule has 0 spiro atoms. The molecule has 1 fully saturated rings. The van der Waals surface area contributed by atoms with E-state index >= 15 is 0 Å². The van der Waals surface area contributed by atoms with Gasteiger partial charge in [-0.2, -0.15) is 0 Å². The fraction of sp³-hybridized carbons (Fsp3) is 0.604. The van der Waals surface area contributed by atoms with Gasteiger partial charge in [0.2, 0.25) is 11.5 Å². The van der Waals surface area contributed by atoms with E-state index in [1.54, 1.807) is 49.9 Å². The number of ether oxygens (including phenoxy) is 1. The molecular weight excluding hydrogens is 1040 g/mol. The third-order valence-corrected chi connectivity index (χ3v) is 16.4. The van der Waals surface area contributed by atoms with Gasteiger partial charge in [-0.25, -0.2) is 19.3 Å². The Balaban J connectivity index is 0.000000815. The summed E-state index contributed by atoms with van der Waals surface area (Å²) in [4.78, 5) is 90.5. The summed E-state index contributed by atoms with van der Waals surface area (Å²) in [5.41, 5.74) is 3.28. The van der Waals surface area contributed by atoms with E-state index in [4.69, 9.17) is 10.5 Å². The van der Waals surface area contributed by atoms with Crippen molar-refractivity contribution < 1.29 is 90.6 Å². The zero-order chi connectivity index (χ0) is 57.2. The quantitative estimate of drug-likeness (QED) is 0.0290. The maximum absolute atomic E-state index is 14.2. The van der Waals surface area contributed by atoms with Gasteiger partial charge in [-0.15, -0.1) is 0 Å². The first-order valence-electron chi connectivity index (χ1n) is 25.6. The number of aliphatic hydroxyl groups is 2. The zero-order valence-electron chi connectivity index (χ0n) is 45.7. The minimum Gasteiger partial charge on any atom is -0.790 e. The standard InChI is InChI=1S/C24H24N5O15P3.4C6H15N/c25-22-17-23(27-11-26-22)29(12-28-17)24(20(32)15-8-6-14(7-9-15)18(30)13-4-2-1-3-5-13)21(33)19(31)16(42-24)10-41-46(37,38)44-47(39,40)43-45(34,35)36;4*1-4-7(5-2)6-3/h1-9,11-12,16,19,21,31,33H,10H2,(H,37,38)(H,39,40)(H2,25,26,27)(H2,34,35,36);4*4-6H2,1-3H3/t16-,19-,21-,24-;;;;/m1..../s1. The topological polar surface area (TPSA) is 342 Å². The minimum absolute atomic E-state index is 0.0637. The molecule has 8 N–H and O–H groups in total. The number of nitrogens with two attached hydrogens (primary N) is 1. The molecule has 5 rings (SSSR count).